The van der Waals surface area contributed by atoms with Crippen LogP contribution < -0.4 is 0 Å². The van der Waals surface area contributed by atoms with Gasteiger partial charge in [0.2, 0.25) is 5.91 Å². The zero-order valence-corrected chi connectivity index (χ0v) is 12.2. The van der Waals surface area contributed by atoms with Gasteiger partial charge in [-0.25, -0.2) is 0 Å². The standard InChI is InChI=1S/C15H25N3O/c1-13-11-17(2)9-6-10-18(13)14(19)15(12-16)7-4-3-5-8-15/h13H,3-11H2,1-2H3. The van der Waals surface area contributed by atoms with E-state index in [1.165, 1.54) is 0 Å². The first-order valence-electron chi connectivity index (χ1n) is 7.50. The van der Waals surface area contributed by atoms with E-state index in [9.17, 15) is 10.1 Å². The molecule has 1 saturated heterocycles. The number of carbonyl (C=O) groups is 1. The van der Waals surface area contributed by atoms with Gasteiger partial charge < -0.3 is 9.80 Å². The molecule has 2 aliphatic rings. The lowest BCUT2D eigenvalue weighted by Gasteiger charge is -2.37. The van der Waals surface area contributed by atoms with E-state index in [0.717, 1.165) is 58.2 Å². The number of hydrogen-bond donors (Lipinski definition) is 0. The maximum Gasteiger partial charge on any atom is 0.243 e. The topological polar surface area (TPSA) is 47.3 Å². The first-order valence-corrected chi connectivity index (χ1v) is 7.50. The molecular weight excluding hydrogens is 238 g/mol. The Morgan fingerprint density at radius 1 is 1.21 bits per heavy atom. The summed E-state index contributed by atoms with van der Waals surface area (Å²) in [5.41, 5.74) is -0.727. The average molecular weight is 263 g/mol. The van der Waals surface area contributed by atoms with Crippen molar-refractivity contribution in [3.8, 4) is 6.07 Å². The van der Waals surface area contributed by atoms with Crippen LogP contribution in [0, 0.1) is 16.7 Å². The highest BCUT2D eigenvalue weighted by Crippen LogP contribution is 2.38. The van der Waals surface area contributed by atoms with Crippen LogP contribution in [0.15, 0.2) is 0 Å². The summed E-state index contributed by atoms with van der Waals surface area (Å²) in [6.45, 7) is 4.85. The molecule has 0 aromatic carbocycles. The van der Waals surface area contributed by atoms with Crippen molar-refractivity contribution in [1.82, 2.24) is 9.80 Å². The SMILES string of the molecule is CC1CN(C)CCCN1C(=O)C1(C#N)CCCCC1. The molecule has 1 aliphatic heterocycles. The van der Waals surface area contributed by atoms with Crippen molar-refractivity contribution in [2.45, 2.75) is 51.5 Å². The van der Waals surface area contributed by atoms with Crippen LogP contribution >= 0.6 is 0 Å². The molecule has 1 unspecified atom stereocenters. The third-order valence-corrected chi connectivity index (χ3v) is 4.64. The summed E-state index contributed by atoms with van der Waals surface area (Å²) >= 11 is 0. The van der Waals surface area contributed by atoms with Gasteiger partial charge in [0.25, 0.3) is 0 Å². The molecule has 0 aromatic rings. The summed E-state index contributed by atoms with van der Waals surface area (Å²) < 4.78 is 0. The molecule has 0 spiro atoms. The number of nitrogens with zero attached hydrogens (tertiary/aromatic N) is 3. The highest BCUT2D eigenvalue weighted by Gasteiger charge is 2.43. The first-order chi connectivity index (χ1) is 9.09. The normalized spacial score (nSPS) is 28.5. The van der Waals surface area contributed by atoms with Gasteiger partial charge in [0.15, 0.2) is 0 Å². The van der Waals surface area contributed by atoms with Crippen molar-refractivity contribution in [1.29, 1.82) is 5.26 Å². The van der Waals surface area contributed by atoms with Crippen LogP contribution in [0.25, 0.3) is 0 Å². The van der Waals surface area contributed by atoms with Crippen molar-refractivity contribution in [2.75, 3.05) is 26.7 Å². The van der Waals surface area contributed by atoms with Gasteiger partial charge in [-0.15, -0.1) is 0 Å². The lowest BCUT2D eigenvalue weighted by atomic mass is 9.74. The van der Waals surface area contributed by atoms with Gasteiger partial charge in [0, 0.05) is 19.1 Å². The van der Waals surface area contributed by atoms with Crippen LogP contribution in [0.2, 0.25) is 0 Å². The summed E-state index contributed by atoms with van der Waals surface area (Å²) in [5.74, 6) is 0.0949. The average Bonchev–Trinajstić information content (AvgIpc) is 2.59. The fourth-order valence-corrected chi connectivity index (χ4v) is 3.48. The maximum atomic E-state index is 12.9. The van der Waals surface area contributed by atoms with Gasteiger partial charge in [0.1, 0.15) is 5.41 Å². The van der Waals surface area contributed by atoms with E-state index in [1.807, 2.05) is 4.90 Å². The van der Waals surface area contributed by atoms with Crippen LogP contribution in [0.5, 0.6) is 0 Å². The van der Waals surface area contributed by atoms with E-state index in [2.05, 4.69) is 24.9 Å². The highest BCUT2D eigenvalue weighted by atomic mass is 16.2. The fourth-order valence-electron chi connectivity index (χ4n) is 3.48. The predicted molar refractivity (Wildman–Crippen MR) is 74.4 cm³/mol. The van der Waals surface area contributed by atoms with Crippen LogP contribution in [-0.2, 0) is 4.79 Å². The minimum Gasteiger partial charge on any atom is -0.337 e. The van der Waals surface area contributed by atoms with Crippen LogP contribution in [0.1, 0.15) is 45.4 Å². The smallest absolute Gasteiger partial charge is 0.243 e. The van der Waals surface area contributed by atoms with E-state index in [-0.39, 0.29) is 11.9 Å². The van der Waals surface area contributed by atoms with Crippen LogP contribution in [0.4, 0.5) is 0 Å². The van der Waals surface area contributed by atoms with Crippen molar-refractivity contribution in [2.24, 2.45) is 5.41 Å². The Hall–Kier alpha value is -1.08. The largest absolute Gasteiger partial charge is 0.337 e. The number of likely N-dealkylation sites (N-methyl/N-ethyl adjacent to an activating group) is 1. The maximum absolute atomic E-state index is 12.9. The van der Waals surface area contributed by atoms with Gasteiger partial charge in [-0.2, -0.15) is 5.26 Å². The van der Waals surface area contributed by atoms with Crippen LogP contribution in [-0.4, -0.2) is 48.4 Å². The molecule has 1 heterocycles. The minimum absolute atomic E-state index is 0.0949. The van der Waals surface area contributed by atoms with Gasteiger partial charge in [-0.1, -0.05) is 19.3 Å². The molecule has 0 aromatic heterocycles. The number of rotatable bonds is 1. The quantitative estimate of drug-likeness (QED) is 0.727. The third-order valence-electron chi connectivity index (χ3n) is 4.64. The van der Waals surface area contributed by atoms with Crippen LogP contribution in [0.3, 0.4) is 0 Å². The zero-order valence-electron chi connectivity index (χ0n) is 12.2. The second kappa shape index (κ2) is 5.92. The molecule has 2 fully saturated rings. The summed E-state index contributed by atoms with van der Waals surface area (Å²) in [6.07, 6.45) is 5.70. The van der Waals surface area contributed by atoms with Gasteiger partial charge in [-0.05, 0) is 39.8 Å². The van der Waals surface area contributed by atoms with E-state index < -0.39 is 5.41 Å². The second-order valence-corrected chi connectivity index (χ2v) is 6.22. The Kier molecular flexibility index (Phi) is 4.46. The van der Waals surface area contributed by atoms with E-state index in [0.29, 0.717) is 0 Å². The summed E-state index contributed by atoms with van der Waals surface area (Å²) in [5, 5.41) is 9.54. The monoisotopic (exact) mass is 263 g/mol. The van der Waals surface area contributed by atoms with Gasteiger partial charge in [0.05, 0.1) is 6.07 Å². The third kappa shape index (κ3) is 2.92. The molecule has 4 nitrogen and oxygen atoms in total. The van der Waals surface area contributed by atoms with Crippen molar-refractivity contribution in [3.05, 3.63) is 0 Å². The number of nitriles is 1. The fraction of sp³-hybridized carbons (Fsp3) is 0.867. The molecule has 0 bridgehead atoms. The second-order valence-electron chi connectivity index (χ2n) is 6.22. The molecule has 4 heteroatoms. The number of amides is 1. The Morgan fingerprint density at radius 3 is 2.53 bits per heavy atom. The summed E-state index contributed by atoms with van der Waals surface area (Å²) in [4.78, 5) is 17.1. The Morgan fingerprint density at radius 2 is 1.89 bits per heavy atom. The van der Waals surface area contributed by atoms with Gasteiger partial charge in [-0.3, -0.25) is 4.79 Å². The lowest BCUT2D eigenvalue weighted by Crippen LogP contribution is -2.49. The van der Waals surface area contributed by atoms with Crippen molar-refractivity contribution in [3.63, 3.8) is 0 Å². The lowest BCUT2D eigenvalue weighted by molar-refractivity contribution is -0.142. The van der Waals surface area contributed by atoms with Crippen molar-refractivity contribution < 1.29 is 4.79 Å². The molecule has 1 atom stereocenters. The minimum atomic E-state index is -0.727. The number of carbonyl (C=O) groups excluding carboxylic acids is 1. The molecule has 1 aliphatic carbocycles. The Bertz CT molecular complexity index is 368. The Balaban J connectivity index is 2.15. The first kappa shape index (κ1) is 14.3. The molecule has 2 rings (SSSR count). The number of hydrogen-bond acceptors (Lipinski definition) is 3. The predicted octanol–water partition coefficient (Wildman–Crippen LogP) is 2.01. The van der Waals surface area contributed by atoms with Gasteiger partial charge >= 0.3 is 0 Å². The van der Waals surface area contributed by atoms with Crippen molar-refractivity contribution >= 4 is 5.91 Å². The summed E-state index contributed by atoms with van der Waals surface area (Å²) in [7, 11) is 2.10. The summed E-state index contributed by atoms with van der Waals surface area (Å²) in [6, 6.07) is 2.58. The molecule has 0 radical (unpaired) electrons. The highest BCUT2D eigenvalue weighted by molar-refractivity contribution is 5.86. The Labute approximate surface area is 116 Å². The molecular formula is C15H25N3O. The molecule has 1 saturated carbocycles. The zero-order chi connectivity index (χ0) is 13.9. The van der Waals surface area contributed by atoms with E-state index in [1.54, 1.807) is 0 Å². The molecule has 19 heavy (non-hydrogen) atoms. The molecule has 0 N–H and O–H groups in total. The molecule has 1 amide bonds. The molecule has 106 valence electrons. The van der Waals surface area contributed by atoms with E-state index in [4.69, 9.17) is 0 Å². The van der Waals surface area contributed by atoms with E-state index >= 15 is 0 Å².